The standard InChI is InChI=1S/C18H32N4OS.HI/c1-19-18(21(2)9-8-17-5-4-14-24-17)20-15-16-6-10-22(11-7-16)12-13-23-3;/h4-5,14,16H,6-13,15H2,1-3H3,(H,19,20);1H. The minimum atomic E-state index is 0. The maximum Gasteiger partial charge on any atom is 0.193 e. The average Bonchev–Trinajstić information content (AvgIpc) is 3.13. The summed E-state index contributed by atoms with van der Waals surface area (Å²) in [6, 6.07) is 4.32. The normalized spacial score (nSPS) is 16.5. The number of hydrogen-bond donors (Lipinski definition) is 1. The first-order valence-corrected chi connectivity index (χ1v) is 9.76. The van der Waals surface area contributed by atoms with Crippen LogP contribution in [-0.2, 0) is 11.2 Å². The van der Waals surface area contributed by atoms with Crippen LogP contribution in [0.1, 0.15) is 17.7 Å². The molecule has 1 aromatic heterocycles. The fourth-order valence-electron chi connectivity index (χ4n) is 3.09. The van der Waals surface area contributed by atoms with Crippen molar-refractivity contribution in [2.75, 3.05) is 60.5 Å². The molecule has 7 heteroatoms. The number of nitrogens with zero attached hydrogens (tertiary/aromatic N) is 3. The number of thiophene rings is 1. The first kappa shape index (κ1) is 22.7. The van der Waals surface area contributed by atoms with E-state index in [-0.39, 0.29) is 24.0 Å². The van der Waals surface area contributed by atoms with Crippen molar-refractivity contribution in [2.24, 2.45) is 10.9 Å². The maximum absolute atomic E-state index is 5.17. The average molecular weight is 480 g/mol. The fraction of sp³-hybridized carbons (Fsp3) is 0.722. The first-order valence-electron chi connectivity index (χ1n) is 8.88. The van der Waals surface area contributed by atoms with Crippen LogP contribution in [0.2, 0.25) is 0 Å². The number of guanidine groups is 1. The molecule has 0 atom stereocenters. The number of ether oxygens (including phenoxy) is 1. The number of likely N-dealkylation sites (N-methyl/N-ethyl adjacent to an activating group) is 1. The van der Waals surface area contributed by atoms with Crippen molar-refractivity contribution in [3.05, 3.63) is 22.4 Å². The van der Waals surface area contributed by atoms with E-state index in [1.807, 2.05) is 18.4 Å². The largest absolute Gasteiger partial charge is 0.383 e. The lowest BCUT2D eigenvalue weighted by Crippen LogP contribution is -2.44. The third-order valence-electron chi connectivity index (χ3n) is 4.71. The summed E-state index contributed by atoms with van der Waals surface area (Å²) in [6.07, 6.45) is 3.59. The quantitative estimate of drug-likeness (QED) is 0.353. The van der Waals surface area contributed by atoms with Gasteiger partial charge in [0.2, 0.25) is 0 Å². The fourth-order valence-corrected chi connectivity index (χ4v) is 3.79. The minimum absolute atomic E-state index is 0. The molecule has 0 saturated carbocycles. The molecule has 1 saturated heterocycles. The minimum Gasteiger partial charge on any atom is -0.383 e. The predicted molar refractivity (Wildman–Crippen MR) is 118 cm³/mol. The van der Waals surface area contributed by atoms with Crippen LogP contribution in [0.25, 0.3) is 0 Å². The molecule has 144 valence electrons. The van der Waals surface area contributed by atoms with Crippen molar-refractivity contribution < 1.29 is 4.74 Å². The summed E-state index contributed by atoms with van der Waals surface area (Å²) < 4.78 is 5.17. The van der Waals surface area contributed by atoms with Gasteiger partial charge in [0.25, 0.3) is 0 Å². The Bertz CT molecular complexity index is 475. The van der Waals surface area contributed by atoms with Gasteiger partial charge >= 0.3 is 0 Å². The monoisotopic (exact) mass is 480 g/mol. The Labute approximate surface area is 173 Å². The van der Waals surface area contributed by atoms with E-state index in [0.717, 1.165) is 44.5 Å². The summed E-state index contributed by atoms with van der Waals surface area (Å²) in [7, 11) is 5.77. The van der Waals surface area contributed by atoms with Crippen molar-refractivity contribution in [3.8, 4) is 0 Å². The van der Waals surface area contributed by atoms with E-state index < -0.39 is 0 Å². The predicted octanol–water partition coefficient (Wildman–Crippen LogP) is 2.77. The summed E-state index contributed by atoms with van der Waals surface area (Å²) in [5.74, 6) is 1.75. The number of methoxy groups -OCH3 is 1. The molecule has 0 amide bonds. The zero-order valence-corrected chi connectivity index (χ0v) is 18.9. The van der Waals surface area contributed by atoms with Crippen LogP contribution in [0.3, 0.4) is 0 Å². The Morgan fingerprint density at radius 2 is 2.20 bits per heavy atom. The van der Waals surface area contributed by atoms with Gasteiger partial charge in [0.15, 0.2) is 5.96 Å². The number of hydrogen-bond acceptors (Lipinski definition) is 4. The van der Waals surface area contributed by atoms with Gasteiger partial charge in [0, 0.05) is 45.7 Å². The maximum atomic E-state index is 5.17. The highest BCUT2D eigenvalue weighted by Crippen LogP contribution is 2.16. The number of rotatable bonds is 8. The zero-order valence-electron chi connectivity index (χ0n) is 15.7. The van der Waals surface area contributed by atoms with Crippen LogP contribution < -0.4 is 5.32 Å². The van der Waals surface area contributed by atoms with E-state index in [1.165, 1.54) is 30.8 Å². The van der Waals surface area contributed by atoms with E-state index in [9.17, 15) is 0 Å². The number of aliphatic imine (C=N–C) groups is 1. The van der Waals surface area contributed by atoms with Crippen LogP contribution in [0.5, 0.6) is 0 Å². The smallest absolute Gasteiger partial charge is 0.193 e. The Morgan fingerprint density at radius 3 is 2.80 bits per heavy atom. The van der Waals surface area contributed by atoms with E-state index in [0.29, 0.717) is 0 Å². The molecule has 1 aliphatic heterocycles. The summed E-state index contributed by atoms with van der Waals surface area (Å²) in [5.41, 5.74) is 0. The number of likely N-dealkylation sites (tertiary alicyclic amines) is 1. The van der Waals surface area contributed by atoms with Crippen molar-refractivity contribution in [1.29, 1.82) is 0 Å². The molecular weight excluding hydrogens is 447 g/mol. The Balaban J connectivity index is 0.00000312. The number of piperidine rings is 1. The summed E-state index contributed by atoms with van der Waals surface area (Å²) >= 11 is 1.83. The van der Waals surface area contributed by atoms with Gasteiger partial charge in [-0.3, -0.25) is 4.99 Å². The highest BCUT2D eigenvalue weighted by molar-refractivity contribution is 14.0. The topological polar surface area (TPSA) is 40.1 Å². The summed E-state index contributed by atoms with van der Waals surface area (Å²) in [5, 5.41) is 5.70. The van der Waals surface area contributed by atoms with Crippen molar-refractivity contribution in [2.45, 2.75) is 19.3 Å². The van der Waals surface area contributed by atoms with Crippen molar-refractivity contribution >= 4 is 41.3 Å². The number of halogens is 1. The second-order valence-electron chi connectivity index (χ2n) is 6.46. The van der Waals surface area contributed by atoms with Crippen LogP contribution in [0, 0.1) is 5.92 Å². The van der Waals surface area contributed by atoms with Gasteiger partial charge < -0.3 is 19.9 Å². The van der Waals surface area contributed by atoms with Crippen LogP contribution in [0.15, 0.2) is 22.5 Å². The van der Waals surface area contributed by atoms with Crippen molar-refractivity contribution in [3.63, 3.8) is 0 Å². The second kappa shape index (κ2) is 12.9. The van der Waals surface area contributed by atoms with Gasteiger partial charge in [-0.1, -0.05) is 6.07 Å². The van der Waals surface area contributed by atoms with Gasteiger partial charge in [-0.15, -0.1) is 35.3 Å². The molecule has 5 nitrogen and oxygen atoms in total. The Hall–Kier alpha value is -0.380. The van der Waals surface area contributed by atoms with Crippen LogP contribution in [-0.4, -0.2) is 76.3 Å². The van der Waals surface area contributed by atoms with Gasteiger partial charge in [0.1, 0.15) is 0 Å². The van der Waals surface area contributed by atoms with E-state index in [1.54, 1.807) is 7.11 Å². The lowest BCUT2D eigenvalue weighted by Gasteiger charge is -2.32. The third kappa shape index (κ3) is 8.23. The number of nitrogens with one attached hydrogen (secondary N) is 1. The molecule has 0 bridgehead atoms. The molecule has 0 radical (unpaired) electrons. The third-order valence-corrected chi connectivity index (χ3v) is 5.65. The summed E-state index contributed by atoms with van der Waals surface area (Å²) in [6.45, 7) is 6.28. The molecule has 1 N–H and O–H groups in total. The molecular formula is C18H33IN4OS. The molecule has 0 spiro atoms. The molecule has 1 fully saturated rings. The van der Waals surface area contributed by atoms with E-state index in [2.05, 4.69) is 44.7 Å². The molecule has 25 heavy (non-hydrogen) atoms. The highest BCUT2D eigenvalue weighted by atomic mass is 127. The molecule has 0 aliphatic carbocycles. The van der Waals surface area contributed by atoms with Gasteiger partial charge in [-0.05, 0) is 49.7 Å². The Kier molecular flexibility index (Phi) is 11.7. The Morgan fingerprint density at radius 1 is 1.44 bits per heavy atom. The van der Waals surface area contributed by atoms with Crippen LogP contribution in [0.4, 0.5) is 0 Å². The molecule has 0 unspecified atom stereocenters. The van der Waals surface area contributed by atoms with Gasteiger partial charge in [-0.2, -0.15) is 0 Å². The molecule has 0 aromatic carbocycles. The lowest BCUT2D eigenvalue weighted by molar-refractivity contribution is 0.120. The second-order valence-corrected chi connectivity index (χ2v) is 7.49. The van der Waals surface area contributed by atoms with E-state index >= 15 is 0 Å². The highest BCUT2D eigenvalue weighted by Gasteiger charge is 2.19. The van der Waals surface area contributed by atoms with Crippen molar-refractivity contribution in [1.82, 2.24) is 15.1 Å². The lowest BCUT2D eigenvalue weighted by atomic mass is 9.97. The molecule has 2 rings (SSSR count). The van der Waals surface area contributed by atoms with Crippen LogP contribution >= 0.6 is 35.3 Å². The molecule has 1 aliphatic rings. The molecule has 1 aromatic rings. The van der Waals surface area contributed by atoms with E-state index in [4.69, 9.17) is 4.74 Å². The first-order chi connectivity index (χ1) is 11.7. The SMILES string of the molecule is CN=C(NCC1CCN(CCOC)CC1)N(C)CCc1cccs1.I. The molecule has 2 heterocycles. The summed E-state index contributed by atoms with van der Waals surface area (Å²) in [4.78, 5) is 10.6. The zero-order chi connectivity index (χ0) is 17.2. The van der Waals surface area contributed by atoms with Gasteiger partial charge in [0.05, 0.1) is 6.61 Å². The van der Waals surface area contributed by atoms with Gasteiger partial charge in [-0.25, -0.2) is 0 Å².